The first-order valence-electron chi connectivity index (χ1n) is 9.68. The summed E-state index contributed by atoms with van der Waals surface area (Å²) in [6.45, 7) is 9.82. The van der Waals surface area contributed by atoms with Crippen LogP contribution in [0.1, 0.15) is 31.5 Å². The van der Waals surface area contributed by atoms with Crippen molar-refractivity contribution in [2.75, 3.05) is 19.6 Å². The second-order valence-corrected chi connectivity index (χ2v) is 7.76. The van der Waals surface area contributed by atoms with Gasteiger partial charge in [0.05, 0.1) is 5.69 Å². The highest BCUT2D eigenvalue weighted by Crippen LogP contribution is 2.20. The van der Waals surface area contributed by atoms with Crippen LogP contribution in [0.15, 0.2) is 36.5 Å². The highest BCUT2D eigenvalue weighted by molar-refractivity contribution is 5.76. The second kappa shape index (κ2) is 8.65. The van der Waals surface area contributed by atoms with Crippen LogP contribution in [-0.4, -0.2) is 51.2 Å². The van der Waals surface area contributed by atoms with Gasteiger partial charge in [0.2, 0.25) is 5.91 Å². The van der Waals surface area contributed by atoms with E-state index in [1.54, 1.807) is 4.68 Å². The first kappa shape index (κ1) is 19.5. The Morgan fingerprint density at radius 1 is 1.22 bits per heavy atom. The molecule has 146 valence electrons. The lowest BCUT2D eigenvalue weighted by atomic mass is 10.0. The summed E-state index contributed by atoms with van der Waals surface area (Å²) in [4.78, 5) is 17.2. The highest BCUT2D eigenvalue weighted by Gasteiger charge is 2.29. The van der Waals surface area contributed by atoms with E-state index < -0.39 is 0 Å². The van der Waals surface area contributed by atoms with Crippen molar-refractivity contribution >= 4 is 5.91 Å². The molecule has 0 saturated carbocycles. The number of amides is 1. The van der Waals surface area contributed by atoms with Crippen molar-refractivity contribution in [3.05, 3.63) is 53.6 Å². The van der Waals surface area contributed by atoms with E-state index in [0.717, 1.165) is 43.9 Å². The lowest BCUT2D eigenvalue weighted by Gasteiger charge is -2.34. The fourth-order valence-electron chi connectivity index (χ4n) is 3.73. The second-order valence-electron chi connectivity index (χ2n) is 7.76. The van der Waals surface area contributed by atoms with Gasteiger partial charge in [-0.05, 0) is 43.0 Å². The van der Waals surface area contributed by atoms with Crippen molar-refractivity contribution in [2.24, 2.45) is 5.92 Å². The smallest absolute Gasteiger partial charge is 0.244 e. The first-order chi connectivity index (χ1) is 12.9. The van der Waals surface area contributed by atoms with E-state index in [9.17, 15) is 9.18 Å². The summed E-state index contributed by atoms with van der Waals surface area (Å²) >= 11 is 0. The van der Waals surface area contributed by atoms with Gasteiger partial charge in [-0.3, -0.25) is 14.4 Å². The zero-order valence-corrected chi connectivity index (χ0v) is 16.4. The van der Waals surface area contributed by atoms with Crippen molar-refractivity contribution in [1.82, 2.24) is 19.6 Å². The van der Waals surface area contributed by atoms with Crippen molar-refractivity contribution in [3.8, 4) is 0 Å². The van der Waals surface area contributed by atoms with Gasteiger partial charge < -0.3 is 4.90 Å². The summed E-state index contributed by atoms with van der Waals surface area (Å²) < 4.78 is 14.9. The molecule has 0 aliphatic carbocycles. The van der Waals surface area contributed by atoms with Crippen LogP contribution in [0.2, 0.25) is 0 Å². The van der Waals surface area contributed by atoms with Crippen molar-refractivity contribution in [2.45, 2.75) is 46.3 Å². The molecule has 0 unspecified atom stereocenters. The summed E-state index contributed by atoms with van der Waals surface area (Å²) in [6.07, 6.45) is 2.79. The third-order valence-corrected chi connectivity index (χ3v) is 5.24. The van der Waals surface area contributed by atoms with E-state index in [4.69, 9.17) is 0 Å². The number of benzene rings is 1. The Kier molecular flexibility index (Phi) is 6.26. The summed E-state index contributed by atoms with van der Waals surface area (Å²) in [6, 6.07) is 8.91. The largest absolute Gasteiger partial charge is 0.339 e. The van der Waals surface area contributed by atoms with Crippen molar-refractivity contribution < 1.29 is 9.18 Å². The number of aromatic nitrogens is 2. The Hall–Kier alpha value is -2.21. The van der Waals surface area contributed by atoms with Gasteiger partial charge >= 0.3 is 0 Å². The molecule has 27 heavy (non-hydrogen) atoms. The third-order valence-electron chi connectivity index (χ3n) is 5.24. The molecule has 1 aliphatic heterocycles. The molecule has 0 N–H and O–H groups in total. The average Bonchev–Trinajstić information content (AvgIpc) is 2.90. The standard InChI is InChI=1S/C21H29FN4O/c1-16(2)20-14-25(21(27)15-26-12-9-17(3)23-26)11-4-10-24(20)13-18-5-7-19(22)8-6-18/h5-9,12,16,20H,4,10-11,13-15H2,1-3H3/t20-/m1/s1. The van der Waals surface area contributed by atoms with E-state index in [-0.39, 0.29) is 24.3 Å². The minimum atomic E-state index is -0.208. The summed E-state index contributed by atoms with van der Waals surface area (Å²) in [7, 11) is 0. The monoisotopic (exact) mass is 372 g/mol. The van der Waals surface area contributed by atoms with E-state index in [0.29, 0.717) is 5.92 Å². The molecule has 1 atom stereocenters. The molecule has 0 spiro atoms. The van der Waals surface area contributed by atoms with Gasteiger partial charge in [0.1, 0.15) is 12.4 Å². The van der Waals surface area contributed by atoms with Gasteiger partial charge in [0.15, 0.2) is 0 Å². The Morgan fingerprint density at radius 3 is 2.59 bits per heavy atom. The lowest BCUT2D eigenvalue weighted by molar-refractivity contribution is -0.132. The molecule has 6 heteroatoms. The number of rotatable bonds is 5. The zero-order chi connectivity index (χ0) is 19.4. The van der Waals surface area contributed by atoms with Crippen LogP contribution < -0.4 is 0 Å². The Bertz CT molecular complexity index is 756. The van der Waals surface area contributed by atoms with Crippen molar-refractivity contribution in [3.63, 3.8) is 0 Å². The highest BCUT2D eigenvalue weighted by atomic mass is 19.1. The fraction of sp³-hybridized carbons (Fsp3) is 0.524. The molecule has 5 nitrogen and oxygen atoms in total. The number of hydrogen-bond acceptors (Lipinski definition) is 3. The number of carbonyl (C=O) groups excluding carboxylic acids is 1. The SMILES string of the molecule is Cc1ccn(CC(=O)N2CCCN(Cc3ccc(F)cc3)[C@@H](C(C)C)C2)n1. The van der Waals surface area contributed by atoms with Crippen molar-refractivity contribution in [1.29, 1.82) is 0 Å². The predicted octanol–water partition coefficient (Wildman–Crippen LogP) is 3.09. The molecule has 2 heterocycles. The summed E-state index contributed by atoms with van der Waals surface area (Å²) in [5.74, 6) is 0.332. The minimum absolute atomic E-state index is 0.118. The maximum absolute atomic E-state index is 13.2. The zero-order valence-electron chi connectivity index (χ0n) is 16.4. The number of aryl methyl sites for hydroxylation is 1. The van der Waals surface area contributed by atoms with Crippen LogP contribution in [0.4, 0.5) is 4.39 Å². The maximum atomic E-state index is 13.2. The molecule has 1 aromatic heterocycles. The molecular weight excluding hydrogens is 343 g/mol. The molecular formula is C21H29FN4O. The quantitative estimate of drug-likeness (QED) is 0.810. The number of nitrogens with zero attached hydrogens (tertiary/aromatic N) is 4. The van der Waals surface area contributed by atoms with Crippen LogP contribution in [0.3, 0.4) is 0 Å². The average molecular weight is 372 g/mol. The summed E-state index contributed by atoms with van der Waals surface area (Å²) in [5, 5.41) is 4.33. The number of halogens is 1. The van der Waals surface area contributed by atoms with Crippen LogP contribution in [0.5, 0.6) is 0 Å². The first-order valence-corrected chi connectivity index (χ1v) is 9.68. The van der Waals surface area contributed by atoms with Gasteiger partial charge in [-0.2, -0.15) is 5.10 Å². The Balaban J connectivity index is 1.68. The molecule has 1 fully saturated rings. The van der Waals surface area contributed by atoms with E-state index in [1.165, 1.54) is 12.1 Å². The van der Waals surface area contributed by atoms with Gasteiger partial charge in [-0.15, -0.1) is 0 Å². The van der Waals surface area contributed by atoms with E-state index in [2.05, 4.69) is 23.8 Å². The van der Waals surface area contributed by atoms with Gasteiger partial charge in [-0.25, -0.2) is 4.39 Å². The molecule has 2 aromatic rings. The van der Waals surface area contributed by atoms with E-state index >= 15 is 0 Å². The third kappa shape index (κ3) is 5.16. The molecule has 0 radical (unpaired) electrons. The Morgan fingerprint density at radius 2 is 1.96 bits per heavy atom. The van der Waals surface area contributed by atoms with Crippen LogP contribution in [0, 0.1) is 18.7 Å². The van der Waals surface area contributed by atoms with Gasteiger partial charge in [0.25, 0.3) is 0 Å². The normalized spacial score (nSPS) is 18.7. The van der Waals surface area contributed by atoms with Crippen LogP contribution in [0.25, 0.3) is 0 Å². The molecule has 3 rings (SSSR count). The molecule has 0 bridgehead atoms. The maximum Gasteiger partial charge on any atom is 0.244 e. The molecule has 1 amide bonds. The minimum Gasteiger partial charge on any atom is -0.339 e. The van der Waals surface area contributed by atoms with Crippen LogP contribution in [-0.2, 0) is 17.9 Å². The Labute approximate surface area is 160 Å². The fourth-order valence-corrected chi connectivity index (χ4v) is 3.73. The molecule has 1 aromatic carbocycles. The molecule has 1 aliphatic rings. The lowest BCUT2D eigenvalue weighted by Crippen LogP contribution is -2.46. The van der Waals surface area contributed by atoms with Gasteiger partial charge in [-0.1, -0.05) is 26.0 Å². The van der Waals surface area contributed by atoms with Crippen LogP contribution >= 0.6 is 0 Å². The number of carbonyl (C=O) groups is 1. The van der Waals surface area contributed by atoms with E-state index in [1.807, 2.05) is 36.2 Å². The topological polar surface area (TPSA) is 41.4 Å². The number of hydrogen-bond donors (Lipinski definition) is 0. The summed E-state index contributed by atoms with van der Waals surface area (Å²) in [5.41, 5.74) is 2.03. The predicted molar refractivity (Wildman–Crippen MR) is 104 cm³/mol. The van der Waals surface area contributed by atoms with Gasteiger partial charge in [0, 0.05) is 38.4 Å². The molecule has 1 saturated heterocycles.